The van der Waals surface area contributed by atoms with E-state index in [4.69, 9.17) is 4.74 Å². The molecule has 1 aliphatic heterocycles. The highest BCUT2D eigenvalue weighted by Crippen LogP contribution is 2.38. The van der Waals surface area contributed by atoms with E-state index in [1.54, 1.807) is 46.0 Å². The largest absolute Gasteiger partial charge is 0.460 e. The molecule has 1 atom stereocenters. The SMILES string of the molecule is CC1=C(C(=O)OC(C)C)[C@@H](c2cccnc2)C([N+](=O)[O-])=C(C)N1. The molecule has 0 spiro atoms. The van der Waals surface area contributed by atoms with Crippen LogP contribution >= 0.6 is 0 Å². The maximum atomic E-state index is 12.5. The van der Waals surface area contributed by atoms with Gasteiger partial charge in [0, 0.05) is 18.1 Å². The van der Waals surface area contributed by atoms with Crippen LogP contribution in [0.25, 0.3) is 0 Å². The van der Waals surface area contributed by atoms with Crippen LogP contribution in [0.1, 0.15) is 39.2 Å². The summed E-state index contributed by atoms with van der Waals surface area (Å²) in [4.78, 5) is 27.6. The van der Waals surface area contributed by atoms with Crippen molar-refractivity contribution in [1.29, 1.82) is 0 Å². The Morgan fingerprint density at radius 1 is 1.39 bits per heavy atom. The van der Waals surface area contributed by atoms with Crippen molar-refractivity contribution in [3.8, 4) is 0 Å². The minimum atomic E-state index is -0.814. The molecule has 0 bridgehead atoms. The number of rotatable bonds is 4. The van der Waals surface area contributed by atoms with Crippen LogP contribution < -0.4 is 5.32 Å². The molecule has 2 heterocycles. The number of allylic oxidation sites excluding steroid dienone is 3. The molecule has 7 nitrogen and oxygen atoms in total. The lowest BCUT2D eigenvalue weighted by Gasteiger charge is -2.26. The highest BCUT2D eigenvalue weighted by molar-refractivity contribution is 5.92. The Bertz CT molecular complexity index is 693. The van der Waals surface area contributed by atoms with Gasteiger partial charge in [0.05, 0.1) is 22.3 Å². The molecule has 0 unspecified atom stereocenters. The van der Waals surface area contributed by atoms with Crippen molar-refractivity contribution in [2.24, 2.45) is 0 Å². The van der Waals surface area contributed by atoms with Gasteiger partial charge >= 0.3 is 5.97 Å². The maximum absolute atomic E-state index is 12.5. The Balaban J connectivity index is 2.60. The summed E-state index contributed by atoms with van der Waals surface area (Å²) >= 11 is 0. The number of nitrogens with zero attached hydrogens (tertiary/aromatic N) is 2. The number of nitro groups is 1. The molecular weight excluding hydrogens is 298 g/mol. The van der Waals surface area contributed by atoms with Crippen molar-refractivity contribution in [3.05, 3.63) is 62.9 Å². The molecule has 1 aromatic rings. The van der Waals surface area contributed by atoms with E-state index in [1.807, 2.05) is 0 Å². The average Bonchev–Trinajstić information content (AvgIpc) is 2.45. The van der Waals surface area contributed by atoms with Gasteiger partial charge < -0.3 is 10.1 Å². The van der Waals surface area contributed by atoms with E-state index < -0.39 is 16.8 Å². The van der Waals surface area contributed by atoms with Crippen molar-refractivity contribution in [2.45, 2.75) is 39.7 Å². The molecule has 1 N–H and O–H groups in total. The summed E-state index contributed by atoms with van der Waals surface area (Å²) < 4.78 is 5.27. The molecule has 1 aromatic heterocycles. The molecule has 0 saturated carbocycles. The van der Waals surface area contributed by atoms with Crippen LogP contribution in [-0.2, 0) is 9.53 Å². The number of nitrogens with one attached hydrogen (secondary N) is 1. The summed E-state index contributed by atoms with van der Waals surface area (Å²) in [6.07, 6.45) is 2.79. The summed E-state index contributed by atoms with van der Waals surface area (Å²) in [5, 5.41) is 14.5. The molecule has 0 aliphatic carbocycles. The highest BCUT2D eigenvalue weighted by atomic mass is 16.6. The normalized spacial score (nSPS) is 18.0. The van der Waals surface area contributed by atoms with Crippen LogP contribution in [0.15, 0.2) is 47.2 Å². The van der Waals surface area contributed by atoms with E-state index >= 15 is 0 Å². The van der Waals surface area contributed by atoms with Gasteiger partial charge in [-0.25, -0.2) is 4.79 Å². The monoisotopic (exact) mass is 317 g/mol. The van der Waals surface area contributed by atoms with Gasteiger partial charge in [-0.3, -0.25) is 15.1 Å². The molecule has 23 heavy (non-hydrogen) atoms. The lowest BCUT2D eigenvalue weighted by Crippen LogP contribution is -2.32. The fraction of sp³-hybridized carbons (Fsp3) is 0.375. The predicted molar refractivity (Wildman–Crippen MR) is 83.7 cm³/mol. The molecule has 0 amide bonds. The van der Waals surface area contributed by atoms with Gasteiger partial charge in [-0.15, -0.1) is 0 Å². The third-order valence-corrected chi connectivity index (χ3v) is 3.50. The second-order valence-corrected chi connectivity index (χ2v) is 5.60. The minimum absolute atomic E-state index is 0.0701. The lowest BCUT2D eigenvalue weighted by molar-refractivity contribution is -0.431. The Kier molecular flexibility index (Phi) is 4.78. The van der Waals surface area contributed by atoms with Gasteiger partial charge in [-0.05, 0) is 39.3 Å². The first kappa shape index (κ1) is 16.7. The van der Waals surface area contributed by atoms with Crippen molar-refractivity contribution in [2.75, 3.05) is 0 Å². The maximum Gasteiger partial charge on any atom is 0.337 e. The van der Waals surface area contributed by atoms with Crippen LogP contribution in [0.4, 0.5) is 0 Å². The quantitative estimate of drug-likeness (QED) is 0.521. The Morgan fingerprint density at radius 3 is 2.61 bits per heavy atom. The van der Waals surface area contributed by atoms with E-state index in [0.29, 0.717) is 17.0 Å². The summed E-state index contributed by atoms with van der Waals surface area (Å²) in [7, 11) is 0. The molecule has 122 valence electrons. The smallest absolute Gasteiger partial charge is 0.337 e. The standard InChI is InChI=1S/C16H19N3O4/c1-9(2)23-16(20)13-10(3)18-11(4)15(19(21)22)14(13)12-6-5-7-17-8-12/h5-9,14,18H,1-4H3/t14-/m1/s1. The topological polar surface area (TPSA) is 94.4 Å². The zero-order chi connectivity index (χ0) is 17.1. The van der Waals surface area contributed by atoms with Gasteiger partial charge in [0.25, 0.3) is 5.70 Å². The minimum Gasteiger partial charge on any atom is -0.460 e. The molecule has 0 saturated heterocycles. The van der Waals surface area contributed by atoms with Crippen LogP contribution in [0.5, 0.6) is 0 Å². The Morgan fingerprint density at radius 2 is 2.09 bits per heavy atom. The van der Waals surface area contributed by atoms with Crippen LogP contribution in [0.2, 0.25) is 0 Å². The average molecular weight is 317 g/mol. The van der Waals surface area contributed by atoms with Crippen molar-refractivity contribution in [3.63, 3.8) is 0 Å². The van der Waals surface area contributed by atoms with E-state index in [9.17, 15) is 14.9 Å². The van der Waals surface area contributed by atoms with E-state index in [-0.39, 0.29) is 17.4 Å². The fourth-order valence-electron chi connectivity index (χ4n) is 2.64. The van der Waals surface area contributed by atoms with E-state index in [2.05, 4.69) is 10.3 Å². The number of carbonyl (C=O) groups is 1. The number of esters is 1. The number of pyridine rings is 1. The zero-order valence-corrected chi connectivity index (χ0v) is 13.5. The number of hydrogen-bond acceptors (Lipinski definition) is 6. The van der Waals surface area contributed by atoms with E-state index in [0.717, 1.165) is 0 Å². The van der Waals surface area contributed by atoms with Gasteiger partial charge in [0.15, 0.2) is 0 Å². The summed E-state index contributed by atoms with van der Waals surface area (Å²) in [6, 6.07) is 3.40. The molecule has 0 aromatic carbocycles. The first-order valence-electron chi connectivity index (χ1n) is 7.26. The van der Waals surface area contributed by atoms with Gasteiger partial charge in [-0.2, -0.15) is 0 Å². The van der Waals surface area contributed by atoms with Crippen molar-refractivity contribution < 1.29 is 14.5 Å². The third kappa shape index (κ3) is 3.39. The Labute approximate surface area is 134 Å². The zero-order valence-electron chi connectivity index (χ0n) is 13.5. The van der Waals surface area contributed by atoms with Crippen LogP contribution in [0, 0.1) is 10.1 Å². The van der Waals surface area contributed by atoms with Crippen molar-refractivity contribution >= 4 is 5.97 Å². The number of aromatic nitrogens is 1. The van der Waals surface area contributed by atoms with Crippen molar-refractivity contribution in [1.82, 2.24) is 10.3 Å². The number of hydrogen-bond donors (Lipinski definition) is 1. The van der Waals surface area contributed by atoms with Gasteiger partial charge in [0.1, 0.15) is 5.92 Å². The number of dihydropyridines is 1. The fourth-order valence-corrected chi connectivity index (χ4v) is 2.64. The molecular formula is C16H19N3O4. The van der Waals surface area contributed by atoms with Crippen LogP contribution in [0.3, 0.4) is 0 Å². The lowest BCUT2D eigenvalue weighted by atomic mass is 9.85. The second kappa shape index (κ2) is 6.60. The van der Waals surface area contributed by atoms with Gasteiger partial charge in [0.2, 0.25) is 0 Å². The summed E-state index contributed by atoms with van der Waals surface area (Å²) in [5.41, 5.74) is 1.70. The number of ether oxygens (including phenoxy) is 1. The highest BCUT2D eigenvalue weighted by Gasteiger charge is 2.41. The molecule has 1 aliphatic rings. The summed E-state index contributed by atoms with van der Waals surface area (Å²) in [5.74, 6) is -1.38. The molecule has 0 fully saturated rings. The molecule has 2 rings (SSSR count). The van der Waals surface area contributed by atoms with Crippen LogP contribution in [-0.4, -0.2) is 22.0 Å². The van der Waals surface area contributed by atoms with E-state index in [1.165, 1.54) is 6.20 Å². The number of carbonyl (C=O) groups excluding carboxylic acids is 1. The first-order valence-corrected chi connectivity index (χ1v) is 7.26. The Hall–Kier alpha value is -2.70. The predicted octanol–water partition coefficient (Wildman–Crippen LogP) is 2.50. The summed E-state index contributed by atoms with van der Waals surface area (Å²) in [6.45, 7) is 6.80. The van der Waals surface area contributed by atoms with Gasteiger partial charge in [-0.1, -0.05) is 6.07 Å². The second-order valence-electron chi connectivity index (χ2n) is 5.60. The molecule has 7 heteroatoms. The first-order chi connectivity index (χ1) is 10.8. The molecule has 0 radical (unpaired) electrons. The third-order valence-electron chi connectivity index (χ3n) is 3.50.